The molecular formula is C35H33N5O6. The van der Waals surface area contributed by atoms with E-state index in [9.17, 15) is 9.59 Å². The zero-order valence-corrected chi connectivity index (χ0v) is 25.6. The highest BCUT2D eigenvalue weighted by Crippen LogP contribution is 2.38. The van der Waals surface area contributed by atoms with Gasteiger partial charge in [-0.1, -0.05) is 48.5 Å². The molecule has 0 unspecified atom stereocenters. The predicted octanol–water partition coefficient (Wildman–Crippen LogP) is 5.02. The molecule has 11 nitrogen and oxygen atoms in total. The second kappa shape index (κ2) is 15.1. The number of nitrogens with one attached hydrogen (secondary N) is 2. The molecule has 0 bridgehead atoms. The van der Waals surface area contributed by atoms with Gasteiger partial charge in [-0.3, -0.25) is 9.59 Å². The Hall–Kier alpha value is -6.10. The van der Waals surface area contributed by atoms with Gasteiger partial charge in [-0.2, -0.15) is 10.2 Å². The first-order valence-electron chi connectivity index (χ1n) is 14.3. The lowest BCUT2D eigenvalue weighted by atomic mass is 10.1. The lowest BCUT2D eigenvalue weighted by Crippen LogP contribution is -2.35. The van der Waals surface area contributed by atoms with Crippen molar-refractivity contribution in [2.75, 3.05) is 27.9 Å². The number of carbonyl (C=O) groups is 2. The molecule has 1 heterocycles. The van der Waals surface area contributed by atoms with Crippen LogP contribution in [0.3, 0.4) is 0 Å². The van der Waals surface area contributed by atoms with Crippen LogP contribution in [-0.2, 0) is 11.4 Å². The molecule has 0 aliphatic rings. The van der Waals surface area contributed by atoms with Crippen molar-refractivity contribution in [3.05, 3.63) is 120 Å². The van der Waals surface area contributed by atoms with Crippen LogP contribution in [0, 0.1) is 0 Å². The zero-order valence-electron chi connectivity index (χ0n) is 25.6. The minimum atomic E-state index is -0.519. The first kappa shape index (κ1) is 31.3. The SMILES string of the molecule is COc1cc(C(=O)NCC(=O)N/N=C/c2cn(-c3ccccc3)nc2-c2ccc(OCc3ccccc3)cc2)cc(OC)c1OC. The van der Waals surface area contributed by atoms with Crippen LogP contribution in [0.15, 0.2) is 108 Å². The van der Waals surface area contributed by atoms with Crippen LogP contribution in [0.2, 0.25) is 0 Å². The van der Waals surface area contributed by atoms with Crippen LogP contribution >= 0.6 is 0 Å². The van der Waals surface area contributed by atoms with Gasteiger partial charge >= 0.3 is 0 Å². The molecule has 0 saturated carbocycles. The van der Waals surface area contributed by atoms with Gasteiger partial charge in [0.2, 0.25) is 5.75 Å². The molecule has 5 aromatic rings. The molecule has 0 aliphatic carbocycles. The summed E-state index contributed by atoms with van der Waals surface area (Å²) in [6, 6.07) is 30.2. The number of aromatic nitrogens is 2. The molecule has 234 valence electrons. The molecular weight excluding hydrogens is 586 g/mol. The molecule has 0 aliphatic heterocycles. The number of hydrazone groups is 1. The third-order valence-electron chi connectivity index (χ3n) is 6.87. The summed E-state index contributed by atoms with van der Waals surface area (Å²) in [5.41, 5.74) is 6.81. The third-order valence-corrected chi connectivity index (χ3v) is 6.87. The average molecular weight is 620 g/mol. The maximum atomic E-state index is 12.8. The lowest BCUT2D eigenvalue weighted by Gasteiger charge is -2.14. The number of carbonyl (C=O) groups excluding carboxylic acids is 2. The molecule has 0 fully saturated rings. The number of hydrogen-bond acceptors (Lipinski definition) is 8. The molecule has 2 amide bonds. The normalized spacial score (nSPS) is 10.8. The number of amides is 2. The summed E-state index contributed by atoms with van der Waals surface area (Å²) in [7, 11) is 4.38. The summed E-state index contributed by atoms with van der Waals surface area (Å²) in [6.07, 6.45) is 3.34. The van der Waals surface area contributed by atoms with E-state index in [4.69, 9.17) is 24.0 Å². The highest BCUT2D eigenvalue weighted by Gasteiger charge is 2.18. The third kappa shape index (κ3) is 7.69. The number of nitrogens with zero attached hydrogens (tertiary/aromatic N) is 3. The maximum Gasteiger partial charge on any atom is 0.259 e. The molecule has 0 radical (unpaired) electrons. The number of hydrogen-bond donors (Lipinski definition) is 2. The molecule has 0 spiro atoms. The molecule has 2 N–H and O–H groups in total. The Balaban J connectivity index is 1.26. The van der Waals surface area contributed by atoms with Crippen molar-refractivity contribution in [2.45, 2.75) is 6.61 Å². The minimum absolute atomic E-state index is 0.236. The van der Waals surface area contributed by atoms with Gasteiger partial charge in [0, 0.05) is 22.9 Å². The lowest BCUT2D eigenvalue weighted by molar-refractivity contribution is -0.120. The Morgan fingerprint density at radius 3 is 2.13 bits per heavy atom. The van der Waals surface area contributed by atoms with Crippen LogP contribution in [0.5, 0.6) is 23.0 Å². The summed E-state index contributed by atoms with van der Waals surface area (Å²) in [4.78, 5) is 25.3. The van der Waals surface area contributed by atoms with E-state index >= 15 is 0 Å². The van der Waals surface area contributed by atoms with Crippen molar-refractivity contribution in [2.24, 2.45) is 5.10 Å². The molecule has 0 saturated heterocycles. The first-order chi connectivity index (χ1) is 22.5. The zero-order chi connectivity index (χ0) is 32.3. The molecule has 0 atom stereocenters. The van der Waals surface area contributed by atoms with E-state index in [1.807, 2.05) is 91.1 Å². The van der Waals surface area contributed by atoms with Gasteiger partial charge in [-0.15, -0.1) is 0 Å². The standard InChI is InChI=1S/C35H33N5O6/c1-43-30-18-26(19-31(44-2)34(30)45-3)35(42)36-21-32(41)38-37-20-27-22-40(28-12-8-5-9-13-28)39-33(27)25-14-16-29(17-15-25)46-23-24-10-6-4-7-11-24/h4-20,22H,21,23H2,1-3H3,(H,36,42)(H,38,41)/b37-20+. The van der Waals surface area contributed by atoms with E-state index in [0.717, 1.165) is 22.6 Å². The van der Waals surface area contributed by atoms with Gasteiger partial charge in [-0.05, 0) is 54.1 Å². The number of para-hydroxylation sites is 1. The van der Waals surface area contributed by atoms with E-state index in [1.165, 1.54) is 39.7 Å². The van der Waals surface area contributed by atoms with Crippen molar-refractivity contribution in [1.82, 2.24) is 20.5 Å². The fraction of sp³-hybridized carbons (Fsp3) is 0.143. The van der Waals surface area contributed by atoms with Crippen molar-refractivity contribution >= 4 is 18.0 Å². The van der Waals surface area contributed by atoms with Crippen LogP contribution in [0.25, 0.3) is 16.9 Å². The van der Waals surface area contributed by atoms with Crippen molar-refractivity contribution < 1.29 is 28.5 Å². The van der Waals surface area contributed by atoms with E-state index in [0.29, 0.717) is 35.1 Å². The fourth-order valence-electron chi connectivity index (χ4n) is 4.56. The van der Waals surface area contributed by atoms with E-state index in [-0.39, 0.29) is 12.1 Å². The second-order valence-electron chi connectivity index (χ2n) is 9.90. The van der Waals surface area contributed by atoms with Gasteiger partial charge < -0.3 is 24.3 Å². The van der Waals surface area contributed by atoms with Gasteiger partial charge in [-0.25, -0.2) is 10.1 Å². The smallest absolute Gasteiger partial charge is 0.259 e. The summed E-state index contributed by atoms with van der Waals surface area (Å²) < 4.78 is 23.6. The Morgan fingerprint density at radius 1 is 0.848 bits per heavy atom. The van der Waals surface area contributed by atoms with Crippen molar-refractivity contribution in [1.29, 1.82) is 0 Å². The summed E-state index contributed by atoms with van der Waals surface area (Å²) in [5, 5.41) is 11.5. The number of methoxy groups -OCH3 is 3. The largest absolute Gasteiger partial charge is 0.493 e. The van der Waals surface area contributed by atoms with Crippen LogP contribution < -0.4 is 29.7 Å². The van der Waals surface area contributed by atoms with Gasteiger partial charge in [0.05, 0.1) is 39.8 Å². The number of rotatable bonds is 13. The van der Waals surface area contributed by atoms with Crippen LogP contribution in [0.4, 0.5) is 0 Å². The summed E-state index contributed by atoms with van der Waals surface area (Å²) in [5.74, 6) is 0.710. The highest BCUT2D eigenvalue weighted by atomic mass is 16.5. The quantitative estimate of drug-likeness (QED) is 0.140. The number of ether oxygens (including phenoxy) is 4. The van der Waals surface area contributed by atoms with E-state index in [2.05, 4.69) is 15.8 Å². The molecule has 1 aromatic heterocycles. The topological polar surface area (TPSA) is 125 Å². The van der Waals surface area contributed by atoms with Gasteiger partial charge in [0.1, 0.15) is 18.1 Å². The van der Waals surface area contributed by atoms with Crippen LogP contribution in [-0.4, -0.2) is 55.7 Å². The molecule has 46 heavy (non-hydrogen) atoms. The Labute approximate surface area is 266 Å². The van der Waals surface area contributed by atoms with Crippen LogP contribution in [0.1, 0.15) is 21.5 Å². The monoisotopic (exact) mass is 619 g/mol. The minimum Gasteiger partial charge on any atom is -0.493 e. The van der Waals surface area contributed by atoms with E-state index < -0.39 is 11.8 Å². The maximum absolute atomic E-state index is 12.8. The molecule has 11 heteroatoms. The highest BCUT2D eigenvalue weighted by molar-refractivity contribution is 5.98. The Bertz CT molecular complexity index is 1780. The second-order valence-corrected chi connectivity index (χ2v) is 9.90. The average Bonchev–Trinajstić information content (AvgIpc) is 3.54. The van der Waals surface area contributed by atoms with Gasteiger partial charge in [0.25, 0.3) is 11.8 Å². The van der Waals surface area contributed by atoms with Crippen molar-refractivity contribution in [3.8, 4) is 39.9 Å². The van der Waals surface area contributed by atoms with Gasteiger partial charge in [0.15, 0.2) is 11.5 Å². The fourth-order valence-corrected chi connectivity index (χ4v) is 4.56. The number of benzene rings is 4. The summed E-state index contributed by atoms with van der Waals surface area (Å²) >= 11 is 0. The Kier molecular flexibility index (Phi) is 10.3. The Morgan fingerprint density at radius 2 is 1.50 bits per heavy atom. The molecule has 5 rings (SSSR count). The van der Waals surface area contributed by atoms with Crippen molar-refractivity contribution in [3.63, 3.8) is 0 Å². The summed E-state index contributed by atoms with van der Waals surface area (Å²) in [6.45, 7) is 0.150. The predicted molar refractivity (Wildman–Crippen MR) is 174 cm³/mol. The first-order valence-corrected chi connectivity index (χ1v) is 14.3. The molecule has 4 aromatic carbocycles. The van der Waals surface area contributed by atoms with E-state index in [1.54, 1.807) is 4.68 Å².